The van der Waals surface area contributed by atoms with Crippen molar-refractivity contribution in [2.45, 2.75) is 17.9 Å². The molecular weight excluding hydrogens is 160 g/mol. The first kappa shape index (κ1) is 6.97. The van der Waals surface area contributed by atoms with Crippen LogP contribution in [0.2, 0.25) is 0 Å². The number of rotatable bonds is 1. The van der Waals surface area contributed by atoms with Gasteiger partial charge in [-0.3, -0.25) is 0 Å². The minimum Gasteiger partial charge on any atom is -0.207 e. The van der Waals surface area contributed by atoms with Gasteiger partial charge in [0, 0.05) is 0 Å². The van der Waals surface area contributed by atoms with E-state index in [1.165, 1.54) is 24.3 Å². The molecular formula is C6H10N4S. The largest absolute Gasteiger partial charge is 0.207 e. The third-order valence-electron chi connectivity index (χ3n) is 1.84. The molecule has 11 heavy (non-hydrogen) atoms. The van der Waals surface area contributed by atoms with Gasteiger partial charge >= 0.3 is 0 Å². The zero-order valence-corrected chi connectivity index (χ0v) is 7.04. The fraction of sp³-hybridized carbons (Fsp3) is 0.667. The van der Waals surface area contributed by atoms with Crippen LogP contribution < -0.4 is 0 Å². The second-order valence-electron chi connectivity index (χ2n) is 2.58. The molecule has 0 saturated carbocycles. The Morgan fingerprint density at radius 1 is 1.18 bits per heavy atom. The molecule has 0 atom stereocenters. The van der Waals surface area contributed by atoms with Crippen LogP contribution in [-0.4, -0.2) is 32.1 Å². The van der Waals surface area contributed by atoms with E-state index in [0.29, 0.717) is 0 Å². The van der Waals surface area contributed by atoms with Crippen molar-refractivity contribution >= 4 is 10.9 Å². The predicted molar refractivity (Wildman–Crippen MR) is 43.8 cm³/mol. The fourth-order valence-electron chi connectivity index (χ4n) is 1.28. The Balaban J connectivity index is 2.16. The Morgan fingerprint density at radius 3 is 2.64 bits per heavy atom. The molecule has 0 spiro atoms. The Labute approximate surface area is 67.8 Å². The molecule has 1 saturated heterocycles. The molecule has 2 heterocycles. The van der Waals surface area contributed by atoms with Gasteiger partial charge in [-0.25, -0.2) is 10.9 Å². The van der Waals surface area contributed by atoms with Crippen molar-refractivity contribution in [2.75, 3.05) is 11.5 Å². The molecule has 0 unspecified atom stereocenters. The normalized spacial score (nSPS) is 20.5. The minimum absolute atomic E-state index is 0.0163. The first-order chi connectivity index (χ1) is 5.47. The molecule has 0 aliphatic carbocycles. The van der Waals surface area contributed by atoms with Gasteiger partial charge in [-0.2, -0.15) is 0 Å². The lowest BCUT2D eigenvalue weighted by molar-refractivity contribution is 0.711. The second kappa shape index (κ2) is 3.13. The quantitative estimate of drug-likeness (QED) is 0.621. The summed E-state index contributed by atoms with van der Waals surface area (Å²) < 4.78 is 0. The van der Waals surface area contributed by atoms with Crippen molar-refractivity contribution in [2.24, 2.45) is 0 Å². The molecule has 1 aliphatic heterocycles. The van der Waals surface area contributed by atoms with Crippen LogP contribution >= 0.6 is 10.9 Å². The van der Waals surface area contributed by atoms with Gasteiger partial charge in [-0.05, 0) is 34.8 Å². The lowest BCUT2D eigenvalue weighted by Gasteiger charge is -2.09. The Bertz CT molecular complexity index is 221. The topological polar surface area (TPSA) is 51.6 Å². The average molecular weight is 170 g/mol. The number of hydrogen-bond acceptors (Lipinski definition) is 4. The summed E-state index contributed by atoms with van der Waals surface area (Å²) in [5.74, 6) is 2.60. The summed E-state index contributed by atoms with van der Waals surface area (Å²) in [7, 11) is -0.0163. The molecule has 1 fully saturated rings. The Kier molecular flexibility index (Phi) is 1.98. The van der Waals surface area contributed by atoms with E-state index >= 15 is 0 Å². The van der Waals surface area contributed by atoms with Crippen LogP contribution in [0.1, 0.15) is 12.8 Å². The van der Waals surface area contributed by atoms with Crippen LogP contribution in [0.4, 0.5) is 0 Å². The van der Waals surface area contributed by atoms with Crippen LogP contribution in [0, 0.1) is 0 Å². The maximum Gasteiger partial charge on any atom is 0.121 e. The highest BCUT2D eigenvalue weighted by molar-refractivity contribution is 8.17. The zero-order chi connectivity index (χ0) is 7.52. The lowest BCUT2D eigenvalue weighted by atomic mass is 10.4. The van der Waals surface area contributed by atoms with Gasteiger partial charge in [0.05, 0.1) is 6.20 Å². The van der Waals surface area contributed by atoms with Crippen molar-refractivity contribution in [3.63, 3.8) is 0 Å². The highest BCUT2D eigenvalue weighted by atomic mass is 32.2. The van der Waals surface area contributed by atoms with Gasteiger partial charge in [0.2, 0.25) is 0 Å². The van der Waals surface area contributed by atoms with Gasteiger partial charge < -0.3 is 0 Å². The maximum atomic E-state index is 3.97. The van der Waals surface area contributed by atoms with Crippen LogP contribution in [0.5, 0.6) is 0 Å². The first-order valence-electron chi connectivity index (χ1n) is 3.73. The van der Waals surface area contributed by atoms with Crippen LogP contribution in [0.3, 0.4) is 0 Å². The van der Waals surface area contributed by atoms with Gasteiger partial charge in [0.15, 0.2) is 0 Å². The van der Waals surface area contributed by atoms with Crippen molar-refractivity contribution in [3.05, 3.63) is 6.20 Å². The smallest absolute Gasteiger partial charge is 0.121 e. The summed E-state index contributed by atoms with van der Waals surface area (Å²) in [6.45, 7) is 0. The maximum absolute atomic E-state index is 3.97. The molecule has 0 radical (unpaired) electrons. The summed E-state index contributed by atoms with van der Waals surface area (Å²) in [6.07, 6.45) is 4.44. The fourth-order valence-corrected chi connectivity index (χ4v) is 3.56. The van der Waals surface area contributed by atoms with Gasteiger partial charge in [-0.15, -0.1) is 10.2 Å². The standard InChI is InChI=1S/C6H10N4S/c1-2-4-11(3-1)6-5-7-9-10-8-6/h5,11H,1-4H2. The molecule has 60 valence electrons. The van der Waals surface area contributed by atoms with Gasteiger partial charge in [-0.1, -0.05) is 0 Å². The van der Waals surface area contributed by atoms with E-state index in [1.54, 1.807) is 6.20 Å². The summed E-state index contributed by atoms with van der Waals surface area (Å²) >= 11 is 0. The summed E-state index contributed by atoms with van der Waals surface area (Å²) in [6, 6.07) is 0. The van der Waals surface area contributed by atoms with Gasteiger partial charge in [0.1, 0.15) is 5.03 Å². The van der Waals surface area contributed by atoms with E-state index in [4.69, 9.17) is 0 Å². The van der Waals surface area contributed by atoms with Crippen molar-refractivity contribution in [1.29, 1.82) is 0 Å². The van der Waals surface area contributed by atoms with Crippen molar-refractivity contribution < 1.29 is 0 Å². The van der Waals surface area contributed by atoms with Crippen molar-refractivity contribution in [1.82, 2.24) is 20.6 Å². The third-order valence-corrected chi connectivity index (χ3v) is 4.41. The molecule has 0 aromatic carbocycles. The van der Waals surface area contributed by atoms with E-state index in [1.807, 2.05) is 0 Å². The molecule has 5 heteroatoms. The number of aromatic nitrogens is 4. The van der Waals surface area contributed by atoms with Crippen LogP contribution in [-0.2, 0) is 0 Å². The zero-order valence-electron chi connectivity index (χ0n) is 6.14. The summed E-state index contributed by atoms with van der Waals surface area (Å²) in [4.78, 5) is 0. The SMILES string of the molecule is c1nnnnc1[SH]1CCCC1. The van der Waals surface area contributed by atoms with E-state index < -0.39 is 0 Å². The Hall–Kier alpha value is -0.710. The predicted octanol–water partition coefficient (Wildman–Crippen LogP) is 0.420. The molecule has 0 N–H and O–H groups in total. The molecule has 4 nitrogen and oxygen atoms in total. The highest BCUT2D eigenvalue weighted by Gasteiger charge is 2.14. The molecule has 0 amide bonds. The van der Waals surface area contributed by atoms with Crippen molar-refractivity contribution in [3.8, 4) is 0 Å². The average Bonchev–Trinajstić information content (AvgIpc) is 2.58. The van der Waals surface area contributed by atoms with E-state index in [2.05, 4.69) is 20.6 Å². The summed E-state index contributed by atoms with van der Waals surface area (Å²) in [5, 5.41) is 15.7. The number of thiol groups is 1. The minimum atomic E-state index is -0.0163. The van der Waals surface area contributed by atoms with E-state index in [-0.39, 0.29) is 10.9 Å². The molecule has 1 aliphatic rings. The van der Waals surface area contributed by atoms with Crippen LogP contribution in [0.25, 0.3) is 0 Å². The molecule has 0 bridgehead atoms. The summed E-state index contributed by atoms with van der Waals surface area (Å²) in [5.41, 5.74) is 0. The molecule has 1 aromatic heterocycles. The lowest BCUT2D eigenvalue weighted by Crippen LogP contribution is -1.95. The molecule has 1 aromatic rings. The monoisotopic (exact) mass is 170 g/mol. The van der Waals surface area contributed by atoms with E-state index in [9.17, 15) is 0 Å². The van der Waals surface area contributed by atoms with Crippen LogP contribution in [0.15, 0.2) is 11.2 Å². The van der Waals surface area contributed by atoms with E-state index in [0.717, 1.165) is 5.03 Å². The number of hydrogen-bond donors (Lipinski definition) is 1. The first-order valence-corrected chi connectivity index (χ1v) is 5.44. The second-order valence-corrected chi connectivity index (χ2v) is 5.01. The third kappa shape index (κ3) is 1.48. The van der Waals surface area contributed by atoms with Gasteiger partial charge in [0.25, 0.3) is 0 Å². The highest BCUT2D eigenvalue weighted by Crippen LogP contribution is 2.40. The Morgan fingerprint density at radius 2 is 2.00 bits per heavy atom. The molecule has 2 rings (SSSR count). The number of nitrogens with zero attached hydrogens (tertiary/aromatic N) is 4.